The lowest BCUT2D eigenvalue weighted by molar-refractivity contribution is 1.11. The average molecular weight is 391 g/mol. The fraction of sp³-hybridized carbons (Fsp3) is 0. The second kappa shape index (κ2) is 5.11. The summed E-state index contributed by atoms with van der Waals surface area (Å²) in [7, 11) is 0. The number of benzene rings is 2. The molecule has 0 amide bonds. The fourth-order valence-corrected chi connectivity index (χ4v) is 2.98. The summed E-state index contributed by atoms with van der Waals surface area (Å²) in [5.74, 6) is 0.332. The highest BCUT2D eigenvalue weighted by molar-refractivity contribution is 9.10. The summed E-state index contributed by atoms with van der Waals surface area (Å²) < 4.78 is 2.66. The Morgan fingerprint density at radius 3 is 2.45 bits per heavy atom. The molecule has 0 aliphatic heterocycles. The van der Waals surface area contributed by atoms with Gasteiger partial charge in [-0.15, -0.1) is 0 Å². The summed E-state index contributed by atoms with van der Waals surface area (Å²) in [6.07, 6.45) is 0. The Kier molecular flexibility index (Phi) is 3.58. The van der Waals surface area contributed by atoms with Gasteiger partial charge in [-0.1, -0.05) is 50.7 Å². The highest BCUT2D eigenvalue weighted by Gasteiger charge is 2.15. The third kappa shape index (κ3) is 2.27. The normalized spacial score (nSPS) is 11.2. The smallest absolute Gasteiger partial charge is 0.205 e. The second-order valence-corrected chi connectivity index (χ2v) is 6.29. The molecule has 0 aliphatic carbocycles. The van der Waals surface area contributed by atoms with E-state index in [1.807, 2.05) is 18.2 Å². The van der Waals surface area contributed by atoms with E-state index in [0.29, 0.717) is 26.7 Å². The molecule has 0 radical (unpaired) electrons. The number of nitrogens with zero attached hydrogens (tertiary/aromatic N) is 2. The van der Waals surface area contributed by atoms with Crippen LogP contribution in [0.4, 0.5) is 5.95 Å². The zero-order valence-corrected chi connectivity index (χ0v) is 13.7. The van der Waals surface area contributed by atoms with Crippen LogP contribution < -0.4 is 5.73 Å². The van der Waals surface area contributed by atoms with Gasteiger partial charge in [0.1, 0.15) is 0 Å². The summed E-state index contributed by atoms with van der Waals surface area (Å²) in [6, 6.07) is 8.94. The van der Waals surface area contributed by atoms with Gasteiger partial charge in [0.2, 0.25) is 5.95 Å². The molecule has 0 atom stereocenters. The lowest BCUT2D eigenvalue weighted by Gasteiger charge is -2.10. The van der Waals surface area contributed by atoms with Crippen LogP contribution in [0.15, 0.2) is 34.8 Å². The van der Waals surface area contributed by atoms with Crippen molar-refractivity contribution in [3.63, 3.8) is 0 Å². The topological polar surface area (TPSA) is 43.8 Å². The monoisotopic (exact) mass is 389 g/mol. The van der Waals surface area contributed by atoms with Crippen LogP contribution in [0.25, 0.3) is 16.7 Å². The van der Waals surface area contributed by atoms with Gasteiger partial charge >= 0.3 is 0 Å². The van der Waals surface area contributed by atoms with Crippen molar-refractivity contribution in [2.45, 2.75) is 0 Å². The number of hydrogen-bond donors (Lipinski definition) is 1. The lowest BCUT2D eigenvalue weighted by Crippen LogP contribution is -2.01. The Hall–Kier alpha value is -0.940. The van der Waals surface area contributed by atoms with Gasteiger partial charge in [-0.05, 0) is 30.3 Å². The molecule has 2 aromatic carbocycles. The lowest BCUT2D eigenvalue weighted by atomic mass is 10.2. The molecule has 7 heteroatoms. The number of imidazole rings is 1. The predicted octanol–water partition coefficient (Wildman–Crippen LogP) is 5.33. The van der Waals surface area contributed by atoms with Crippen LogP contribution in [0.5, 0.6) is 0 Å². The minimum atomic E-state index is 0.332. The molecule has 0 unspecified atom stereocenters. The zero-order chi connectivity index (χ0) is 14.4. The summed E-state index contributed by atoms with van der Waals surface area (Å²) in [4.78, 5) is 4.31. The Bertz CT molecular complexity index is 829. The first-order valence-electron chi connectivity index (χ1n) is 5.56. The molecular formula is C13H7BrCl3N3. The molecule has 2 N–H and O–H groups in total. The Morgan fingerprint density at radius 2 is 1.70 bits per heavy atom. The number of rotatable bonds is 1. The number of anilines is 1. The van der Waals surface area contributed by atoms with Crippen LogP contribution in [-0.2, 0) is 0 Å². The van der Waals surface area contributed by atoms with Crippen molar-refractivity contribution in [3.8, 4) is 5.69 Å². The van der Waals surface area contributed by atoms with E-state index in [1.54, 1.807) is 16.7 Å². The van der Waals surface area contributed by atoms with Gasteiger partial charge < -0.3 is 5.73 Å². The van der Waals surface area contributed by atoms with E-state index < -0.39 is 0 Å². The number of halogens is 4. The predicted molar refractivity (Wildman–Crippen MR) is 88.2 cm³/mol. The van der Waals surface area contributed by atoms with Crippen molar-refractivity contribution in [1.29, 1.82) is 0 Å². The molecule has 20 heavy (non-hydrogen) atoms. The molecule has 1 heterocycles. The second-order valence-electron chi connectivity index (χ2n) is 4.16. The van der Waals surface area contributed by atoms with E-state index >= 15 is 0 Å². The maximum absolute atomic E-state index is 6.25. The van der Waals surface area contributed by atoms with Crippen LogP contribution >= 0.6 is 50.7 Å². The van der Waals surface area contributed by atoms with Crippen LogP contribution in [0.3, 0.4) is 0 Å². The standard InChI is InChI=1S/C13H7BrCl3N3/c14-6-1-2-10-12(3-6)20(13(18)19-10)11-5-8(16)7(15)4-9(11)17/h1-5H,(H2,18,19). The van der Waals surface area contributed by atoms with E-state index in [-0.39, 0.29) is 0 Å². The molecule has 0 bridgehead atoms. The molecule has 0 spiro atoms. The van der Waals surface area contributed by atoms with Crippen LogP contribution in [0, 0.1) is 0 Å². The molecule has 1 aromatic heterocycles. The van der Waals surface area contributed by atoms with E-state index in [4.69, 9.17) is 40.5 Å². The van der Waals surface area contributed by atoms with Crippen molar-refractivity contribution in [2.75, 3.05) is 5.73 Å². The zero-order valence-electron chi connectivity index (χ0n) is 9.87. The van der Waals surface area contributed by atoms with Crippen molar-refractivity contribution in [2.24, 2.45) is 0 Å². The highest BCUT2D eigenvalue weighted by atomic mass is 79.9. The summed E-state index contributed by atoms with van der Waals surface area (Å²) in [6.45, 7) is 0. The number of nitrogen functional groups attached to an aromatic ring is 1. The fourth-order valence-electron chi connectivity index (χ4n) is 2.00. The van der Waals surface area contributed by atoms with Gasteiger partial charge in [-0.3, -0.25) is 4.57 Å². The number of hydrogen-bond acceptors (Lipinski definition) is 2. The minimum absolute atomic E-state index is 0.332. The third-order valence-corrected chi connectivity index (χ3v) is 4.39. The van der Waals surface area contributed by atoms with Gasteiger partial charge in [0, 0.05) is 4.47 Å². The number of nitrogens with two attached hydrogens (primary N) is 1. The van der Waals surface area contributed by atoms with Gasteiger partial charge in [0.25, 0.3) is 0 Å². The number of fused-ring (bicyclic) bond motifs is 1. The van der Waals surface area contributed by atoms with Crippen LogP contribution in [0.2, 0.25) is 15.1 Å². The minimum Gasteiger partial charge on any atom is -0.369 e. The Morgan fingerprint density at radius 1 is 1.00 bits per heavy atom. The van der Waals surface area contributed by atoms with Gasteiger partial charge in [0.05, 0.1) is 31.8 Å². The first kappa shape index (κ1) is 14.0. The summed E-state index contributed by atoms with van der Waals surface area (Å²) >= 11 is 21.7. The molecule has 0 saturated heterocycles. The van der Waals surface area contributed by atoms with Crippen molar-refractivity contribution < 1.29 is 0 Å². The first-order valence-corrected chi connectivity index (χ1v) is 7.48. The van der Waals surface area contributed by atoms with Crippen molar-refractivity contribution in [1.82, 2.24) is 9.55 Å². The summed E-state index contributed by atoms with van der Waals surface area (Å²) in [5.41, 5.74) is 8.23. The van der Waals surface area contributed by atoms with Gasteiger partial charge in [-0.2, -0.15) is 0 Å². The van der Waals surface area contributed by atoms with Crippen LogP contribution in [-0.4, -0.2) is 9.55 Å². The first-order chi connectivity index (χ1) is 9.47. The van der Waals surface area contributed by atoms with E-state index in [9.17, 15) is 0 Å². The van der Waals surface area contributed by atoms with E-state index in [2.05, 4.69) is 20.9 Å². The van der Waals surface area contributed by atoms with Crippen molar-refractivity contribution in [3.05, 3.63) is 49.9 Å². The summed E-state index contributed by atoms with van der Waals surface area (Å²) in [5, 5.41) is 1.25. The molecular weight excluding hydrogens is 384 g/mol. The Balaban J connectivity index is 2.37. The van der Waals surface area contributed by atoms with Crippen LogP contribution in [0.1, 0.15) is 0 Å². The highest BCUT2D eigenvalue weighted by Crippen LogP contribution is 2.34. The quantitative estimate of drug-likeness (QED) is 0.570. The number of aromatic nitrogens is 2. The molecule has 0 aliphatic rings. The maximum atomic E-state index is 6.25. The SMILES string of the molecule is Nc1nc2ccc(Br)cc2n1-c1cc(Cl)c(Cl)cc1Cl. The van der Waals surface area contributed by atoms with Gasteiger partial charge in [0.15, 0.2) is 0 Å². The molecule has 0 saturated carbocycles. The van der Waals surface area contributed by atoms with E-state index in [1.165, 1.54) is 0 Å². The maximum Gasteiger partial charge on any atom is 0.205 e. The molecule has 102 valence electrons. The molecule has 3 nitrogen and oxygen atoms in total. The molecule has 0 fully saturated rings. The van der Waals surface area contributed by atoms with E-state index in [0.717, 1.165) is 15.5 Å². The molecule has 3 aromatic rings. The average Bonchev–Trinajstić information content (AvgIpc) is 2.69. The van der Waals surface area contributed by atoms with Gasteiger partial charge in [-0.25, -0.2) is 4.98 Å². The third-order valence-electron chi connectivity index (χ3n) is 2.87. The largest absolute Gasteiger partial charge is 0.369 e. The Labute approximate surface area is 138 Å². The van der Waals surface area contributed by atoms with Crippen molar-refractivity contribution >= 4 is 67.7 Å². The molecule has 3 rings (SSSR count).